The van der Waals surface area contributed by atoms with E-state index in [1.54, 1.807) is 10.9 Å². The molecule has 0 spiro atoms. The summed E-state index contributed by atoms with van der Waals surface area (Å²) >= 11 is 0. The third kappa shape index (κ3) is 2.64. The van der Waals surface area contributed by atoms with E-state index in [0.717, 1.165) is 5.69 Å². The average Bonchev–Trinajstić information content (AvgIpc) is 2.46. The number of hydrogen-bond acceptors (Lipinski definition) is 2. The largest absolute Gasteiger partial charge is 0.375 e. The smallest absolute Gasteiger partial charge is 0.0884 e. The molecule has 0 saturated heterocycles. The molecule has 1 radical (unpaired) electrons. The Balaban J connectivity index is 2.20. The molecule has 67 valence electrons. The Labute approximate surface area is 71.8 Å². The lowest BCUT2D eigenvalue weighted by Gasteiger charge is -2.02. The molecule has 0 unspecified atom stereocenters. The first kappa shape index (κ1) is 9.22. The number of nitrogens with zero attached hydrogens (tertiary/aromatic N) is 2. The molecule has 12 heavy (non-hydrogen) atoms. The highest BCUT2D eigenvalue weighted by Gasteiger charge is 1.96. The molecule has 0 saturated carbocycles. The molecule has 0 aliphatic carbocycles. The van der Waals surface area contributed by atoms with Crippen molar-refractivity contribution in [1.82, 2.24) is 9.78 Å². The van der Waals surface area contributed by atoms with E-state index in [2.05, 4.69) is 5.10 Å². The van der Waals surface area contributed by atoms with Crippen LogP contribution in [0, 0.1) is 0 Å². The van der Waals surface area contributed by atoms with Gasteiger partial charge in [0.15, 0.2) is 0 Å². The van der Waals surface area contributed by atoms with Gasteiger partial charge in [-0.2, -0.15) is 5.10 Å². The van der Waals surface area contributed by atoms with E-state index in [0.29, 0.717) is 19.6 Å². The second kappa shape index (κ2) is 4.90. The monoisotopic (exact) mass is 169 g/mol. The van der Waals surface area contributed by atoms with Gasteiger partial charge in [0, 0.05) is 19.9 Å². The summed E-state index contributed by atoms with van der Waals surface area (Å²) in [6, 6.07) is 1.90. The van der Waals surface area contributed by atoms with Crippen molar-refractivity contribution in [3.63, 3.8) is 0 Å². The molecular weight excluding hydrogens is 156 g/mol. The van der Waals surface area contributed by atoms with Crippen molar-refractivity contribution in [3.05, 3.63) is 18.0 Å². The highest BCUT2D eigenvalue weighted by atomic mass is 16.5. The predicted molar refractivity (Wildman–Crippen MR) is 43.0 cm³/mol. The molecule has 4 nitrogen and oxygen atoms in total. The Bertz CT molecular complexity index is 223. The number of aryl methyl sites for hydroxylation is 1. The van der Waals surface area contributed by atoms with E-state index in [9.17, 15) is 5.11 Å². The fraction of sp³-hybridized carbons (Fsp3) is 0.625. The molecule has 0 atom stereocenters. The van der Waals surface area contributed by atoms with Gasteiger partial charge in [0.1, 0.15) is 0 Å². The molecular formula is C8H13N2O2. The lowest BCUT2D eigenvalue weighted by molar-refractivity contribution is 0.0859. The molecule has 0 aliphatic heterocycles. The molecule has 0 N–H and O–H groups in total. The standard InChI is InChI=1S/C8H13N2O2/c1-10-8(3-4-9-10)7-12-6-2-5-11/h3-4H,2,5-7H2,1H3. The minimum atomic E-state index is -0.0641. The zero-order valence-corrected chi connectivity index (χ0v) is 7.19. The van der Waals surface area contributed by atoms with Gasteiger partial charge >= 0.3 is 0 Å². The van der Waals surface area contributed by atoms with Crippen molar-refractivity contribution >= 4 is 0 Å². The maximum Gasteiger partial charge on any atom is 0.0884 e. The summed E-state index contributed by atoms with van der Waals surface area (Å²) in [5.41, 5.74) is 1.03. The third-order valence-corrected chi connectivity index (χ3v) is 1.61. The first-order chi connectivity index (χ1) is 5.84. The maximum absolute atomic E-state index is 10.1. The van der Waals surface area contributed by atoms with Gasteiger partial charge in [-0.3, -0.25) is 4.68 Å². The van der Waals surface area contributed by atoms with Crippen molar-refractivity contribution in [1.29, 1.82) is 0 Å². The fourth-order valence-electron chi connectivity index (χ4n) is 0.881. The summed E-state index contributed by atoms with van der Waals surface area (Å²) in [6.45, 7) is 1.01. The first-order valence-electron chi connectivity index (χ1n) is 3.97. The second-order valence-corrected chi connectivity index (χ2v) is 2.56. The predicted octanol–water partition coefficient (Wildman–Crippen LogP) is 0.757. The van der Waals surface area contributed by atoms with Gasteiger partial charge in [0.2, 0.25) is 0 Å². The number of aromatic nitrogens is 2. The summed E-state index contributed by atoms with van der Waals surface area (Å²) in [7, 11) is 1.87. The van der Waals surface area contributed by atoms with Crippen LogP contribution in [0.4, 0.5) is 0 Å². The van der Waals surface area contributed by atoms with Gasteiger partial charge in [-0.05, 0) is 12.5 Å². The normalized spacial score (nSPS) is 10.5. The van der Waals surface area contributed by atoms with E-state index in [1.165, 1.54) is 0 Å². The number of ether oxygens (including phenoxy) is 1. The van der Waals surface area contributed by atoms with E-state index >= 15 is 0 Å². The SMILES string of the molecule is Cn1nccc1COCCC[O]. The van der Waals surface area contributed by atoms with Crippen molar-refractivity contribution in [2.75, 3.05) is 13.2 Å². The van der Waals surface area contributed by atoms with Crippen LogP contribution in [0.2, 0.25) is 0 Å². The summed E-state index contributed by atoms with van der Waals surface area (Å²) in [5.74, 6) is 0. The summed E-state index contributed by atoms with van der Waals surface area (Å²) < 4.78 is 7.00. The van der Waals surface area contributed by atoms with Crippen LogP contribution >= 0.6 is 0 Å². The van der Waals surface area contributed by atoms with Crippen LogP contribution in [-0.4, -0.2) is 23.0 Å². The Hall–Kier alpha value is -0.870. The summed E-state index contributed by atoms with van der Waals surface area (Å²) in [4.78, 5) is 0. The van der Waals surface area contributed by atoms with Crippen LogP contribution in [0.25, 0.3) is 0 Å². The maximum atomic E-state index is 10.1. The molecule has 0 bridgehead atoms. The van der Waals surface area contributed by atoms with Crippen molar-refractivity contribution < 1.29 is 9.84 Å². The van der Waals surface area contributed by atoms with E-state index in [4.69, 9.17) is 4.74 Å². The van der Waals surface area contributed by atoms with Gasteiger partial charge in [-0.25, -0.2) is 5.11 Å². The van der Waals surface area contributed by atoms with Gasteiger partial charge < -0.3 is 4.74 Å². The molecule has 0 aromatic carbocycles. The molecule has 4 heteroatoms. The minimum absolute atomic E-state index is 0.0641. The minimum Gasteiger partial charge on any atom is -0.375 e. The van der Waals surface area contributed by atoms with Crippen LogP contribution in [0.15, 0.2) is 12.3 Å². The third-order valence-electron chi connectivity index (χ3n) is 1.61. The first-order valence-corrected chi connectivity index (χ1v) is 3.97. The zero-order chi connectivity index (χ0) is 8.81. The number of rotatable bonds is 5. The fourth-order valence-corrected chi connectivity index (χ4v) is 0.881. The van der Waals surface area contributed by atoms with Crippen LogP contribution in [0.1, 0.15) is 12.1 Å². The average molecular weight is 169 g/mol. The highest BCUT2D eigenvalue weighted by Crippen LogP contribution is 1.98. The van der Waals surface area contributed by atoms with Crippen molar-refractivity contribution in [3.8, 4) is 0 Å². The van der Waals surface area contributed by atoms with Gasteiger partial charge in [-0.15, -0.1) is 0 Å². The van der Waals surface area contributed by atoms with E-state index in [-0.39, 0.29) is 6.61 Å². The van der Waals surface area contributed by atoms with Gasteiger partial charge in [0.25, 0.3) is 0 Å². The quantitative estimate of drug-likeness (QED) is 0.611. The van der Waals surface area contributed by atoms with E-state index in [1.807, 2.05) is 13.1 Å². The lowest BCUT2D eigenvalue weighted by atomic mass is 10.4. The second-order valence-electron chi connectivity index (χ2n) is 2.56. The lowest BCUT2D eigenvalue weighted by Crippen LogP contribution is -2.02. The van der Waals surface area contributed by atoms with Crippen molar-refractivity contribution in [2.45, 2.75) is 13.0 Å². The Morgan fingerprint density at radius 3 is 3.08 bits per heavy atom. The van der Waals surface area contributed by atoms with Crippen LogP contribution < -0.4 is 0 Å². The molecule has 1 heterocycles. The van der Waals surface area contributed by atoms with Crippen molar-refractivity contribution in [2.24, 2.45) is 7.05 Å². The van der Waals surface area contributed by atoms with Gasteiger partial charge in [-0.1, -0.05) is 0 Å². The van der Waals surface area contributed by atoms with Crippen LogP contribution in [-0.2, 0) is 23.5 Å². The van der Waals surface area contributed by atoms with Crippen LogP contribution in [0.5, 0.6) is 0 Å². The van der Waals surface area contributed by atoms with Crippen LogP contribution in [0.3, 0.4) is 0 Å². The highest BCUT2D eigenvalue weighted by molar-refractivity contribution is 4.97. The Morgan fingerprint density at radius 2 is 2.50 bits per heavy atom. The Morgan fingerprint density at radius 1 is 1.67 bits per heavy atom. The summed E-state index contributed by atoms with van der Waals surface area (Å²) in [6.07, 6.45) is 2.31. The summed E-state index contributed by atoms with van der Waals surface area (Å²) in [5, 5.41) is 14.1. The molecule has 1 aromatic heterocycles. The molecule has 1 rings (SSSR count). The topological polar surface area (TPSA) is 47.0 Å². The zero-order valence-electron chi connectivity index (χ0n) is 7.19. The molecule has 0 fully saturated rings. The molecule has 1 aromatic rings. The van der Waals surface area contributed by atoms with E-state index < -0.39 is 0 Å². The Kier molecular flexibility index (Phi) is 3.76. The molecule has 0 aliphatic rings. The number of hydrogen-bond donors (Lipinski definition) is 0. The van der Waals surface area contributed by atoms with Gasteiger partial charge in [0.05, 0.1) is 18.9 Å². The molecule has 0 amide bonds.